The molecule has 1 aliphatic rings. The number of carbonyl (C=O) groups excluding carboxylic acids is 1. The average Bonchev–Trinajstić information content (AvgIpc) is 2.52. The van der Waals surface area contributed by atoms with Gasteiger partial charge in [0.05, 0.1) is 13.7 Å². The second-order valence-corrected chi connectivity index (χ2v) is 2.78. The fourth-order valence-corrected chi connectivity index (χ4v) is 1.23. The molecule has 4 nitrogen and oxygen atoms in total. The first-order valence-electron chi connectivity index (χ1n) is 3.61. The molecule has 0 amide bonds. The maximum Gasteiger partial charge on any atom is 0.315 e. The van der Waals surface area contributed by atoms with Crippen LogP contribution in [0.25, 0.3) is 0 Å². The number of hydrogen-bond donors (Lipinski definition) is 1. The Balaban J connectivity index is 0.00000121. The third-order valence-electron chi connectivity index (χ3n) is 2.11. The largest absolute Gasteiger partial charge is 0.468 e. The predicted molar refractivity (Wildman–Crippen MR) is 46.2 cm³/mol. The summed E-state index contributed by atoms with van der Waals surface area (Å²) in [5.74, 6) is -0.252. The zero-order valence-corrected chi connectivity index (χ0v) is 7.86. The zero-order chi connectivity index (χ0) is 8.32. The third kappa shape index (κ3) is 1.88. The minimum Gasteiger partial charge on any atom is -0.468 e. The van der Waals surface area contributed by atoms with Gasteiger partial charge in [0.25, 0.3) is 0 Å². The van der Waals surface area contributed by atoms with Gasteiger partial charge in [-0.2, -0.15) is 0 Å². The molecule has 0 aromatic rings. The van der Waals surface area contributed by atoms with E-state index in [1.54, 1.807) is 0 Å². The fraction of sp³-hybridized carbons (Fsp3) is 0.857. The second-order valence-electron chi connectivity index (χ2n) is 2.78. The highest BCUT2D eigenvalue weighted by Gasteiger charge is 2.42. The Kier molecular flexibility index (Phi) is 4.52. The van der Waals surface area contributed by atoms with E-state index < -0.39 is 5.41 Å². The standard InChI is InChI=1S/C7H13NO3.ClH/c1-10-6(9)7(4-8)2-3-11-5-7;/h2-5,8H2,1H3;1H. The lowest BCUT2D eigenvalue weighted by Gasteiger charge is -2.21. The highest BCUT2D eigenvalue weighted by molar-refractivity contribution is 5.85. The Labute approximate surface area is 77.8 Å². The van der Waals surface area contributed by atoms with E-state index in [-0.39, 0.29) is 18.4 Å². The van der Waals surface area contributed by atoms with E-state index in [1.165, 1.54) is 7.11 Å². The maximum absolute atomic E-state index is 11.2. The van der Waals surface area contributed by atoms with E-state index in [4.69, 9.17) is 10.5 Å². The van der Waals surface area contributed by atoms with Gasteiger partial charge < -0.3 is 15.2 Å². The van der Waals surface area contributed by atoms with Crippen molar-refractivity contribution in [3.63, 3.8) is 0 Å². The molecule has 1 fully saturated rings. The molecule has 0 aromatic heterocycles. The number of rotatable bonds is 2. The van der Waals surface area contributed by atoms with Crippen LogP contribution in [0.2, 0.25) is 0 Å². The molecule has 1 unspecified atom stereocenters. The van der Waals surface area contributed by atoms with Crippen LogP contribution in [0.1, 0.15) is 6.42 Å². The van der Waals surface area contributed by atoms with Crippen LogP contribution >= 0.6 is 12.4 Å². The van der Waals surface area contributed by atoms with E-state index in [0.29, 0.717) is 26.2 Å². The van der Waals surface area contributed by atoms with E-state index in [9.17, 15) is 4.79 Å². The Morgan fingerprint density at radius 3 is 2.75 bits per heavy atom. The number of halogens is 1. The molecule has 0 aromatic carbocycles. The van der Waals surface area contributed by atoms with Crippen LogP contribution in [0.3, 0.4) is 0 Å². The minimum absolute atomic E-state index is 0. The van der Waals surface area contributed by atoms with Crippen molar-refractivity contribution in [2.24, 2.45) is 11.1 Å². The van der Waals surface area contributed by atoms with Crippen LogP contribution in [0.5, 0.6) is 0 Å². The molecule has 1 atom stereocenters. The molecule has 1 rings (SSSR count). The topological polar surface area (TPSA) is 61.5 Å². The van der Waals surface area contributed by atoms with Crippen LogP contribution in [0.15, 0.2) is 0 Å². The molecular weight excluding hydrogens is 182 g/mol. The predicted octanol–water partition coefficient (Wildman–Crippen LogP) is -0.0534. The maximum atomic E-state index is 11.2. The summed E-state index contributed by atoms with van der Waals surface area (Å²) in [6, 6.07) is 0. The number of ether oxygens (including phenoxy) is 2. The Morgan fingerprint density at radius 2 is 2.42 bits per heavy atom. The summed E-state index contributed by atoms with van der Waals surface area (Å²) in [7, 11) is 1.37. The summed E-state index contributed by atoms with van der Waals surface area (Å²) < 4.78 is 9.72. The lowest BCUT2D eigenvalue weighted by atomic mass is 9.88. The number of hydrogen-bond acceptors (Lipinski definition) is 4. The van der Waals surface area contributed by atoms with Crippen molar-refractivity contribution < 1.29 is 14.3 Å². The summed E-state index contributed by atoms with van der Waals surface area (Å²) in [5.41, 5.74) is 4.90. The van der Waals surface area contributed by atoms with Gasteiger partial charge in [0.2, 0.25) is 0 Å². The first-order valence-corrected chi connectivity index (χ1v) is 3.61. The first-order chi connectivity index (χ1) is 5.25. The summed E-state index contributed by atoms with van der Waals surface area (Å²) in [6.07, 6.45) is 0.677. The first kappa shape index (κ1) is 11.7. The highest BCUT2D eigenvalue weighted by atomic mass is 35.5. The smallest absolute Gasteiger partial charge is 0.315 e. The van der Waals surface area contributed by atoms with Gasteiger partial charge in [-0.3, -0.25) is 4.79 Å². The quantitative estimate of drug-likeness (QED) is 0.628. The molecule has 1 aliphatic heterocycles. The molecular formula is C7H14ClNO3. The van der Waals surface area contributed by atoms with Crippen molar-refractivity contribution in [2.75, 3.05) is 26.9 Å². The van der Waals surface area contributed by atoms with Gasteiger partial charge in [-0.1, -0.05) is 0 Å². The Bertz CT molecular complexity index is 157. The van der Waals surface area contributed by atoms with Gasteiger partial charge in [0.1, 0.15) is 5.41 Å². The number of carbonyl (C=O) groups is 1. The van der Waals surface area contributed by atoms with Gasteiger partial charge in [-0.15, -0.1) is 12.4 Å². The number of nitrogens with two attached hydrogens (primary N) is 1. The molecule has 0 saturated carbocycles. The van der Waals surface area contributed by atoms with Crippen molar-refractivity contribution in [3.8, 4) is 0 Å². The molecule has 0 aliphatic carbocycles. The van der Waals surface area contributed by atoms with Crippen LogP contribution in [-0.4, -0.2) is 32.8 Å². The van der Waals surface area contributed by atoms with E-state index in [0.717, 1.165) is 0 Å². The molecule has 1 saturated heterocycles. The van der Waals surface area contributed by atoms with Gasteiger partial charge in [0.15, 0.2) is 0 Å². The summed E-state index contributed by atoms with van der Waals surface area (Å²) in [6.45, 7) is 1.31. The highest BCUT2D eigenvalue weighted by Crippen LogP contribution is 2.28. The van der Waals surface area contributed by atoms with Crippen molar-refractivity contribution in [3.05, 3.63) is 0 Å². The van der Waals surface area contributed by atoms with Gasteiger partial charge >= 0.3 is 5.97 Å². The van der Waals surface area contributed by atoms with Crippen LogP contribution in [-0.2, 0) is 14.3 Å². The minimum atomic E-state index is -0.561. The monoisotopic (exact) mass is 195 g/mol. The average molecular weight is 196 g/mol. The van der Waals surface area contributed by atoms with E-state index in [2.05, 4.69) is 4.74 Å². The second kappa shape index (κ2) is 4.64. The van der Waals surface area contributed by atoms with Crippen molar-refractivity contribution in [1.82, 2.24) is 0 Å². The molecule has 5 heteroatoms. The van der Waals surface area contributed by atoms with Gasteiger partial charge in [-0.25, -0.2) is 0 Å². The van der Waals surface area contributed by atoms with Crippen molar-refractivity contribution >= 4 is 18.4 Å². The normalized spacial score (nSPS) is 27.8. The molecule has 0 radical (unpaired) electrons. The number of methoxy groups -OCH3 is 1. The molecule has 1 heterocycles. The fourth-order valence-electron chi connectivity index (χ4n) is 1.23. The Morgan fingerprint density at radius 1 is 1.75 bits per heavy atom. The lowest BCUT2D eigenvalue weighted by molar-refractivity contribution is -0.152. The molecule has 12 heavy (non-hydrogen) atoms. The Hall–Kier alpha value is -0.320. The van der Waals surface area contributed by atoms with Gasteiger partial charge in [-0.05, 0) is 6.42 Å². The van der Waals surface area contributed by atoms with Gasteiger partial charge in [0, 0.05) is 13.2 Å². The van der Waals surface area contributed by atoms with E-state index in [1.807, 2.05) is 0 Å². The zero-order valence-electron chi connectivity index (χ0n) is 7.04. The summed E-state index contributed by atoms with van der Waals surface area (Å²) in [4.78, 5) is 11.2. The van der Waals surface area contributed by atoms with E-state index >= 15 is 0 Å². The molecule has 0 bridgehead atoms. The van der Waals surface area contributed by atoms with Crippen LogP contribution in [0, 0.1) is 5.41 Å². The SMILES string of the molecule is COC(=O)C1(CN)CCOC1.Cl. The molecule has 72 valence electrons. The van der Waals surface area contributed by atoms with Crippen molar-refractivity contribution in [2.45, 2.75) is 6.42 Å². The summed E-state index contributed by atoms with van der Waals surface area (Å²) in [5, 5.41) is 0. The number of esters is 1. The summed E-state index contributed by atoms with van der Waals surface area (Å²) >= 11 is 0. The third-order valence-corrected chi connectivity index (χ3v) is 2.11. The molecule has 2 N–H and O–H groups in total. The lowest BCUT2D eigenvalue weighted by Crippen LogP contribution is -2.39. The van der Waals surface area contributed by atoms with Crippen molar-refractivity contribution in [1.29, 1.82) is 0 Å². The van der Waals surface area contributed by atoms with Crippen LogP contribution < -0.4 is 5.73 Å². The van der Waals surface area contributed by atoms with Crippen LogP contribution in [0.4, 0.5) is 0 Å². The molecule has 0 spiro atoms.